The van der Waals surface area contributed by atoms with Gasteiger partial charge in [-0.2, -0.15) is 0 Å². The molecule has 14 fully saturated rings. The van der Waals surface area contributed by atoms with Gasteiger partial charge in [-0.05, 0) is 180 Å². The van der Waals surface area contributed by atoms with Crippen LogP contribution in [0, 0.1) is 154 Å². The Morgan fingerprint density at radius 1 is 0.0854 bits per heavy atom. The molecular weight excluding hydrogens is 985 g/mol. The standard InChI is InChI=1S/C82H138/c1-11-33-57(34-12-1)71-73(59-37-15-3-16-38-59)77(63-45-23-7-24-46-63)81(78(64-47-25-8-26-48-64)74(71)60-39-17-4-18-40-60)69-55-56-70(68-54-32-31-53-67(68)69)82-79(65-49-27-9-28-50-65)75(61-41-19-5-20-42-61)72(58-35-13-2-14-36-58)76(62-43-21-6-22-44-62)80(82)66-51-29-10-30-52-66/h57-82H,1-56H2. The number of rotatable bonds is 12. The van der Waals surface area contributed by atoms with Crippen LogP contribution in [-0.4, -0.2) is 0 Å². The average Bonchev–Trinajstić information content (AvgIpc) is 2.66. The van der Waals surface area contributed by atoms with Crippen LogP contribution >= 0.6 is 0 Å². The third kappa shape index (κ3) is 12.5. The molecule has 82 heavy (non-hydrogen) atoms. The van der Waals surface area contributed by atoms with E-state index in [1.54, 1.807) is 360 Å². The van der Waals surface area contributed by atoms with Crippen molar-refractivity contribution in [2.75, 3.05) is 0 Å². The molecular formula is C82H138. The molecule has 12 unspecified atom stereocenters. The van der Waals surface area contributed by atoms with E-state index in [0.717, 1.165) is 154 Å². The van der Waals surface area contributed by atoms with Crippen LogP contribution in [0.2, 0.25) is 0 Å². The molecule has 0 aromatic carbocycles. The summed E-state index contributed by atoms with van der Waals surface area (Å²) in [5, 5.41) is 0. The van der Waals surface area contributed by atoms with Gasteiger partial charge in [0.2, 0.25) is 0 Å². The van der Waals surface area contributed by atoms with E-state index < -0.39 is 0 Å². The topological polar surface area (TPSA) is 0 Å². The maximum Gasteiger partial charge on any atom is -0.0315 e. The Kier molecular flexibility index (Phi) is 21.0. The van der Waals surface area contributed by atoms with Crippen LogP contribution in [0.15, 0.2) is 0 Å². The van der Waals surface area contributed by atoms with Gasteiger partial charge < -0.3 is 0 Å². The van der Waals surface area contributed by atoms with Crippen LogP contribution in [-0.2, 0) is 0 Å². The summed E-state index contributed by atoms with van der Waals surface area (Å²) in [5.41, 5.74) is 0. The van der Waals surface area contributed by atoms with Gasteiger partial charge in [-0.1, -0.05) is 334 Å². The number of hydrogen-bond acceptors (Lipinski definition) is 0. The minimum Gasteiger partial charge on any atom is -0.0533 e. The molecule has 0 heteroatoms. The molecule has 0 bridgehead atoms. The van der Waals surface area contributed by atoms with E-state index in [9.17, 15) is 0 Å². The first-order valence-electron chi connectivity index (χ1n) is 40.8. The van der Waals surface area contributed by atoms with Gasteiger partial charge in [-0.25, -0.2) is 0 Å². The molecule has 0 aromatic rings. The summed E-state index contributed by atoms with van der Waals surface area (Å²) in [4.78, 5) is 0. The maximum atomic E-state index is 1.73. The van der Waals surface area contributed by atoms with E-state index >= 15 is 0 Å². The Bertz CT molecular complexity index is 1600. The van der Waals surface area contributed by atoms with Crippen molar-refractivity contribution in [3.63, 3.8) is 0 Å². The van der Waals surface area contributed by atoms with Gasteiger partial charge in [-0.15, -0.1) is 0 Å². The highest BCUT2D eigenvalue weighted by Gasteiger charge is 2.65. The Labute approximate surface area is 510 Å². The second-order valence-corrected chi connectivity index (χ2v) is 35.4. The molecule has 0 N–H and O–H groups in total. The van der Waals surface area contributed by atoms with E-state index in [1.165, 1.54) is 0 Å². The normalized spacial score (nSPS) is 44.0. The van der Waals surface area contributed by atoms with Gasteiger partial charge in [0, 0.05) is 0 Å². The monoisotopic (exact) mass is 1120 g/mol. The fourth-order valence-electron chi connectivity index (χ4n) is 29.7. The van der Waals surface area contributed by atoms with Crippen molar-refractivity contribution in [2.45, 2.75) is 360 Å². The predicted octanol–water partition coefficient (Wildman–Crippen LogP) is 25.0. The highest BCUT2D eigenvalue weighted by Crippen LogP contribution is 2.72. The Hall–Kier alpha value is 0. The maximum absolute atomic E-state index is 1.73. The molecule has 14 rings (SSSR count). The summed E-state index contributed by atoms with van der Waals surface area (Å²) in [7, 11) is 0. The quantitative estimate of drug-likeness (QED) is 0.183. The molecule has 14 aliphatic carbocycles. The van der Waals surface area contributed by atoms with Crippen LogP contribution in [0.4, 0.5) is 0 Å². The van der Waals surface area contributed by atoms with E-state index in [-0.39, 0.29) is 0 Å². The first-order valence-corrected chi connectivity index (χ1v) is 40.8. The fraction of sp³-hybridized carbons (Fsp3) is 1.00. The lowest BCUT2D eigenvalue weighted by Gasteiger charge is -2.68. The molecule has 0 aliphatic heterocycles. The van der Waals surface area contributed by atoms with E-state index in [0.29, 0.717) is 0 Å². The smallest absolute Gasteiger partial charge is 0.0315 e. The van der Waals surface area contributed by atoms with Crippen molar-refractivity contribution in [3.8, 4) is 0 Å². The third-order valence-electron chi connectivity index (χ3n) is 32.1. The SMILES string of the molecule is C1CCC(C2C(C3CCCCC3)C(C3CCCCC3)C(C3CCC(C4C(C5CCCCC5)C(C5CCCCC5)C(C5CCCCC5)C(C5CCCCC5)C4C4CCCCC4)C4CCCCC43)C(C3CCCCC3)C2C2CCCCC2)CC1. The van der Waals surface area contributed by atoms with Gasteiger partial charge in [0.1, 0.15) is 0 Å². The minimum atomic E-state index is 1.07. The van der Waals surface area contributed by atoms with Crippen LogP contribution in [0.1, 0.15) is 360 Å². The zero-order valence-electron chi connectivity index (χ0n) is 54.6. The molecule has 466 valence electrons. The molecule has 14 saturated carbocycles. The second kappa shape index (κ2) is 28.9. The lowest BCUT2D eigenvalue weighted by molar-refractivity contribution is -0.197. The molecule has 12 atom stereocenters. The summed E-state index contributed by atoms with van der Waals surface area (Å²) in [6, 6.07) is 0. The summed E-state index contributed by atoms with van der Waals surface area (Å²) in [6.45, 7) is 0. The van der Waals surface area contributed by atoms with Crippen molar-refractivity contribution >= 4 is 0 Å². The molecule has 14 aliphatic rings. The summed E-state index contributed by atoms with van der Waals surface area (Å²) >= 11 is 0. The van der Waals surface area contributed by atoms with Gasteiger partial charge >= 0.3 is 0 Å². The van der Waals surface area contributed by atoms with Crippen molar-refractivity contribution in [3.05, 3.63) is 0 Å². The van der Waals surface area contributed by atoms with Crippen LogP contribution in [0.5, 0.6) is 0 Å². The highest BCUT2D eigenvalue weighted by atomic mass is 14.7. The molecule has 0 radical (unpaired) electrons. The van der Waals surface area contributed by atoms with E-state index in [2.05, 4.69) is 0 Å². The number of fused-ring (bicyclic) bond motifs is 1. The zero-order valence-corrected chi connectivity index (χ0v) is 54.6. The molecule has 0 spiro atoms. The summed E-state index contributed by atoms with van der Waals surface area (Å²) in [5.74, 6) is 28.2. The van der Waals surface area contributed by atoms with Crippen molar-refractivity contribution < 1.29 is 0 Å². The van der Waals surface area contributed by atoms with Crippen molar-refractivity contribution in [2.24, 2.45) is 154 Å². The molecule has 0 aromatic heterocycles. The van der Waals surface area contributed by atoms with Gasteiger partial charge in [0.05, 0.1) is 0 Å². The predicted molar refractivity (Wildman–Crippen MR) is 349 cm³/mol. The lowest BCUT2D eigenvalue weighted by Crippen LogP contribution is -2.62. The third-order valence-corrected chi connectivity index (χ3v) is 32.1. The molecule has 0 heterocycles. The largest absolute Gasteiger partial charge is 0.0533 e. The Morgan fingerprint density at radius 3 is 0.354 bits per heavy atom. The van der Waals surface area contributed by atoms with Gasteiger partial charge in [0.15, 0.2) is 0 Å². The minimum absolute atomic E-state index is 1.07. The second-order valence-electron chi connectivity index (χ2n) is 35.4. The van der Waals surface area contributed by atoms with Gasteiger partial charge in [0.25, 0.3) is 0 Å². The average molecular weight is 1120 g/mol. The molecule has 0 amide bonds. The molecule has 0 saturated heterocycles. The summed E-state index contributed by atoms with van der Waals surface area (Å²) < 4.78 is 0. The van der Waals surface area contributed by atoms with Crippen LogP contribution in [0.3, 0.4) is 0 Å². The first-order chi connectivity index (χ1) is 40.8. The Balaban J connectivity index is 0.926. The lowest BCUT2D eigenvalue weighted by atomic mass is 9.37. The Morgan fingerprint density at radius 2 is 0.207 bits per heavy atom. The highest BCUT2D eigenvalue weighted by molar-refractivity contribution is 5.14. The summed E-state index contributed by atoms with van der Waals surface area (Å²) in [6.07, 6.45) is 90.5. The van der Waals surface area contributed by atoms with Crippen molar-refractivity contribution in [1.82, 2.24) is 0 Å². The van der Waals surface area contributed by atoms with E-state index in [1.807, 2.05) is 0 Å². The van der Waals surface area contributed by atoms with Gasteiger partial charge in [-0.3, -0.25) is 0 Å². The number of hydrogen-bond donors (Lipinski definition) is 0. The van der Waals surface area contributed by atoms with Crippen LogP contribution < -0.4 is 0 Å². The van der Waals surface area contributed by atoms with Crippen LogP contribution in [0.25, 0.3) is 0 Å². The van der Waals surface area contributed by atoms with Crippen molar-refractivity contribution in [1.29, 1.82) is 0 Å². The zero-order chi connectivity index (χ0) is 54.6. The first kappa shape index (κ1) is 59.6. The fourth-order valence-corrected chi connectivity index (χ4v) is 29.7. The van der Waals surface area contributed by atoms with E-state index in [4.69, 9.17) is 0 Å². The molecule has 0 nitrogen and oxygen atoms in total.